The van der Waals surface area contributed by atoms with Crippen LogP contribution in [0.15, 0.2) is 66.7 Å². The molecule has 4 aromatic rings. The zero-order valence-corrected chi connectivity index (χ0v) is 17.6. The molecule has 0 saturated carbocycles. The molecule has 4 rings (SSSR count). The number of hydrogen-bond donors (Lipinski definition) is 2. The van der Waals surface area contributed by atoms with Crippen LogP contribution >= 0.6 is 23.2 Å². The van der Waals surface area contributed by atoms with Crippen molar-refractivity contribution in [3.63, 3.8) is 0 Å². The molecule has 0 aliphatic carbocycles. The van der Waals surface area contributed by atoms with Gasteiger partial charge in [-0.05, 0) is 60.7 Å². The van der Waals surface area contributed by atoms with E-state index in [0.717, 1.165) is 0 Å². The number of para-hydroxylation sites is 1. The molecule has 1 heterocycles. The zero-order chi connectivity index (χ0) is 22.7. The molecule has 0 fully saturated rings. The maximum atomic E-state index is 13.4. The highest BCUT2D eigenvalue weighted by atomic mass is 35.5. The lowest BCUT2D eigenvalue weighted by molar-refractivity contribution is 0.0697. The SMILES string of the molecule is O=C(O)c1ccc(Nc2nc(Oc3c(Cl)cccc3Cl)nc(-c3ccc(F)cc3)n2)cc1. The van der Waals surface area contributed by atoms with Crippen LogP contribution in [0.3, 0.4) is 0 Å². The fourth-order valence-electron chi connectivity index (χ4n) is 2.68. The highest BCUT2D eigenvalue weighted by Gasteiger charge is 2.15. The van der Waals surface area contributed by atoms with E-state index in [9.17, 15) is 9.18 Å². The molecule has 7 nitrogen and oxygen atoms in total. The first kappa shape index (κ1) is 21.5. The van der Waals surface area contributed by atoms with Crippen molar-refractivity contribution in [2.45, 2.75) is 0 Å². The lowest BCUT2D eigenvalue weighted by Gasteiger charge is -2.11. The highest BCUT2D eigenvalue weighted by Crippen LogP contribution is 2.35. The van der Waals surface area contributed by atoms with Gasteiger partial charge in [-0.2, -0.15) is 15.0 Å². The number of nitrogens with one attached hydrogen (secondary N) is 1. The average Bonchev–Trinajstić information content (AvgIpc) is 2.77. The topological polar surface area (TPSA) is 97.2 Å². The maximum Gasteiger partial charge on any atom is 0.335 e. The summed E-state index contributed by atoms with van der Waals surface area (Å²) in [6.07, 6.45) is 0. The highest BCUT2D eigenvalue weighted by molar-refractivity contribution is 6.37. The smallest absolute Gasteiger partial charge is 0.335 e. The summed E-state index contributed by atoms with van der Waals surface area (Å²) >= 11 is 12.4. The van der Waals surface area contributed by atoms with Gasteiger partial charge in [0.05, 0.1) is 15.6 Å². The van der Waals surface area contributed by atoms with Gasteiger partial charge in [0.25, 0.3) is 0 Å². The second-order valence-electron chi connectivity index (χ2n) is 6.43. The number of anilines is 2. The van der Waals surface area contributed by atoms with Gasteiger partial charge in [0.2, 0.25) is 5.95 Å². The molecule has 32 heavy (non-hydrogen) atoms. The summed E-state index contributed by atoms with van der Waals surface area (Å²) in [5.74, 6) is -0.950. The summed E-state index contributed by atoms with van der Waals surface area (Å²) < 4.78 is 19.1. The van der Waals surface area contributed by atoms with Crippen LogP contribution < -0.4 is 10.1 Å². The number of halogens is 3. The molecule has 0 radical (unpaired) electrons. The predicted molar refractivity (Wildman–Crippen MR) is 118 cm³/mol. The Morgan fingerprint density at radius 3 is 2.19 bits per heavy atom. The van der Waals surface area contributed by atoms with E-state index in [1.807, 2.05) is 0 Å². The van der Waals surface area contributed by atoms with Gasteiger partial charge in [0, 0.05) is 11.3 Å². The van der Waals surface area contributed by atoms with E-state index in [1.165, 1.54) is 36.4 Å². The molecule has 0 saturated heterocycles. The lowest BCUT2D eigenvalue weighted by atomic mass is 10.2. The van der Waals surface area contributed by atoms with Gasteiger partial charge < -0.3 is 15.2 Å². The standard InChI is InChI=1S/C22H13Cl2FN4O3/c23-16-2-1-3-17(24)18(16)32-22-28-19(12-4-8-14(25)9-5-12)27-21(29-22)26-15-10-6-13(7-11-15)20(30)31/h1-11H,(H,30,31)(H,26,27,28,29). The van der Waals surface area contributed by atoms with Crippen molar-refractivity contribution < 1.29 is 19.0 Å². The van der Waals surface area contributed by atoms with Gasteiger partial charge in [0.1, 0.15) is 5.82 Å². The van der Waals surface area contributed by atoms with E-state index in [2.05, 4.69) is 20.3 Å². The van der Waals surface area contributed by atoms with Crippen molar-refractivity contribution in [2.24, 2.45) is 0 Å². The van der Waals surface area contributed by atoms with E-state index in [0.29, 0.717) is 11.3 Å². The molecule has 0 aliphatic heterocycles. The van der Waals surface area contributed by atoms with Crippen LogP contribution in [-0.2, 0) is 0 Å². The number of carbonyl (C=O) groups is 1. The van der Waals surface area contributed by atoms with E-state index in [-0.39, 0.29) is 39.1 Å². The predicted octanol–water partition coefficient (Wildman–Crippen LogP) is 6.22. The summed E-state index contributed by atoms with van der Waals surface area (Å²) in [5, 5.41) is 12.6. The summed E-state index contributed by atoms with van der Waals surface area (Å²) in [7, 11) is 0. The van der Waals surface area contributed by atoms with Gasteiger partial charge in [-0.25, -0.2) is 9.18 Å². The first-order valence-corrected chi connectivity index (χ1v) is 9.89. The molecule has 0 bridgehead atoms. The van der Waals surface area contributed by atoms with Gasteiger partial charge in [-0.15, -0.1) is 0 Å². The minimum Gasteiger partial charge on any atom is -0.478 e. The number of aromatic carboxylic acids is 1. The molecular weight excluding hydrogens is 458 g/mol. The van der Waals surface area contributed by atoms with Crippen molar-refractivity contribution in [1.82, 2.24) is 15.0 Å². The van der Waals surface area contributed by atoms with Crippen molar-refractivity contribution in [2.75, 3.05) is 5.32 Å². The minimum atomic E-state index is -1.04. The first-order chi connectivity index (χ1) is 15.4. The molecule has 0 amide bonds. The zero-order valence-electron chi connectivity index (χ0n) is 16.1. The molecule has 0 atom stereocenters. The number of carboxylic acids is 1. The Morgan fingerprint density at radius 1 is 0.906 bits per heavy atom. The number of rotatable bonds is 6. The summed E-state index contributed by atoms with van der Waals surface area (Å²) in [4.78, 5) is 23.9. The largest absolute Gasteiger partial charge is 0.478 e. The van der Waals surface area contributed by atoms with Crippen LogP contribution in [0, 0.1) is 5.82 Å². The molecule has 160 valence electrons. The molecule has 1 aromatic heterocycles. The number of ether oxygens (including phenoxy) is 1. The fraction of sp³-hybridized carbons (Fsp3) is 0. The van der Waals surface area contributed by atoms with Crippen LogP contribution in [0.25, 0.3) is 11.4 Å². The number of aromatic nitrogens is 3. The van der Waals surface area contributed by atoms with Gasteiger partial charge in [0.15, 0.2) is 11.6 Å². The molecular formula is C22H13Cl2FN4O3. The van der Waals surface area contributed by atoms with Gasteiger partial charge >= 0.3 is 12.0 Å². The lowest BCUT2D eigenvalue weighted by Crippen LogP contribution is -2.04. The van der Waals surface area contributed by atoms with E-state index >= 15 is 0 Å². The summed E-state index contributed by atoms with van der Waals surface area (Å²) in [5.41, 5.74) is 1.19. The summed E-state index contributed by atoms with van der Waals surface area (Å²) in [6, 6.07) is 16.4. The average molecular weight is 471 g/mol. The number of hydrogen-bond acceptors (Lipinski definition) is 6. The second-order valence-corrected chi connectivity index (χ2v) is 7.25. The summed E-state index contributed by atoms with van der Waals surface area (Å²) in [6.45, 7) is 0. The van der Waals surface area contributed by atoms with E-state index < -0.39 is 11.8 Å². The quantitative estimate of drug-likeness (QED) is 0.345. The van der Waals surface area contributed by atoms with Crippen molar-refractivity contribution >= 4 is 40.8 Å². The van der Waals surface area contributed by atoms with Crippen molar-refractivity contribution in [3.05, 3.63) is 88.2 Å². The maximum absolute atomic E-state index is 13.4. The number of carboxylic acid groups (broad SMARTS) is 1. The van der Waals surface area contributed by atoms with E-state index in [1.54, 1.807) is 30.3 Å². The number of benzene rings is 3. The third kappa shape index (κ3) is 4.93. The Kier molecular flexibility index (Phi) is 6.16. The minimum absolute atomic E-state index is 0.0982. The Bertz CT molecular complexity index is 1270. The molecule has 3 aromatic carbocycles. The third-order valence-corrected chi connectivity index (χ3v) is 4.81. The van der Waals surface area contributed by atoms with Crippen LogP contribution in [0.1, 0.15) is 10.4 Å². The normalized spacial score (nSPS) is 10.6. The molecule has 10 heteroatoms. The molecule has 2 N–H and O–H groups in total. The second kappa shape index (κ2) is 9.17. The monoisotopic (exact) mass is 470 g/mol. The Labute approximate surface area is 191 Å². The third-order valence-electron chi connectivity index (χ3n) is 4.22. The van der Waals surface area contributed by atoms with Crippen LogP contribution in [0.5, 0.6) is 11.8 Å². The fourth-order valence-corrected chi connectivity index (χ4v) is 3.16. The number of nitrogens with zero attached hydrogens (tertiary/aromatic N) is 3. The van der Waals surface area contributed by atoms with Crippen LogP contribution in [-0.4, -0.2) is 26.0 Å². The van der Waals surface area contributed by atoms with Gasteiger partial charge in [-0.3, -0.25) is 0 Å². The Balaban J connectivity index is 1.73. The van der Waals surface area contributed by atoms with Crippen LogP contribution in [0.4, 0.5) is 16.0 Å². The van der Waals surface area contributed by atoms with Gasteiger partial charge in [-0.1, -0.05) is 29.3 Å². The first-order valence-electron chi connectivity index (χ1n) is 9.13. The van der Waals surface area contributed by atoms with Crippen molar-refractivity contribution in [3.8, 4) is 23.1 Å². The molecule has 0 spiro atoms. The Morgan fingerprint density at radius 2 is 1.56 bits per heavy atom. The molecule has 0 unspecified atom stereocenters. The van der Waals surface area contributed by atoms with Crippen molar-refractivity contribution in [1.29, 1.82) is 0 Å². The van der Waals surface area contributed by atoms with Crippen LogP contribution in [0.2, 0.25) is 10.0 Å². The molecule has 0 aliphatic rings. The van der Waals surface area contributed by atoms with E-state index in [4.69, 9.17) is 33.0 Å². The Hall–Kier alpha value is -3.75.